The fraction of sp³-hybridized carbons (Fsp3) is 0. The van der Waals surface area contributed by atoms with E-state index in [1.54, 1.807) is 0 Å². The topological polar surface area (TPSA) is 104 Å². The molecule has 1 amide bonds. The number of rotatable bonds is 3. The summed E-state index contributed by atoms with van der Waals surface area (Å²) in [5.74, 6) is -2.58. The second-order valence-corrected chi connectivity index (χ2v) is 4.84. The number of anilines is 1. The largest absolute Gasteiger partial charge is 0.545 e. The zero-order valence-corrected chi connectivity index (χ0v) is 12.0. The monoisotopic (exact) mass is 326 g/mol. The van der Waals surface area contributed by atoms with Gasteiger partial charge in [-0.25, -0.2) is 9.37 Å². The molecule has 0 atom stereocenters. The van der Waals surface area contributed by atoms with Crippen LogP contribution < -0.4 is 16.0 Å². The van der Waals surface area contributed by atoms with Gasteiger partial charge in [0.1, 0.15) is 17.2 Å². The summed E-state index contributed by atoms with van der Waals surface area (Å²) in [4.78, 5) is 39.4. The number of carbonyl (C=O) groups is 2. The van der Waals surface area contributed by atoms with Gasteiger partial charge in [0.15, 0.2) is 0 Å². The highest BCUT2D eigenvalue weighted by molar-refractivity contribution is 6.04. The second-order valence-electron chi connectivity index (χ2n) is 4.84. The number of nitrogens with one attached hydrogen (secondary N) is 1. The van der Waals surface area contributed by atoms with Crippen LogP contribution >= 0.6 is 0 Å². The predicted octanol–water partition coefficient (Wildman–Crippen LogP) is 0.449. The number of amides is 1. The van der Waals surface area contributed by atoms with Gasteiger partial charge >= 0.3 is 0 Å². The molecule has 3 aromatic rings. The number of aromatic nitrogens is 2. The lowest BCUT2D eigenvalue weighted by molar-refractivity contribution is -0.254. The summed E-state index contributed by atoms with van der Waals surface area (Å²) >= 11 is 0. The number of pyridine rings is 1. The molecule has 2 heterocycles. The Morgan fingerprint density at radius 1 is 1.17 bits per heavy atom. The molecule has 8 heteroatoms. The fourth-order valence-electron chi connectivity index (χ4n) is 2.15. The Bertz CT molecular complexity index is 1010. The lowest BCUT2D eigenvalue weighted by Gasteiger charge is -2.09. The van der Waals surface area contributed by atoms with Crippen LogP contribution in [0.4, 0.5) is 10.1 Å². The van der Waals surface area contributed by atoms with Gasteiger partial charge < -0.3 is 15.2 Å². The SMILES string of the molecule is O=C(Nc1cnc2c(C(=O)[O-])cccn2c1=O)c1ccc(F)cc1. The predicted molar refractivity (Wildman–Crippen MR) is 80.1 cm³/mol. The Morgan fingerprint density at radius 3 is 2.54 bits per heavy atom. The van der Waals surface area contributed by atoms with E-state index < -0.39 is 23.3 Å². The molecular formula is C16H9FN3O4-. The van der Waals surface area contributed by atoms with Crippen LogP contribution in [-0.2, 0) is 0 Å². The first-order valence-corrected chi connectivity index (χ1v) is 6.76. The van der Waals surface area contributed by atoms with Crippen LogP contribution in [0.2, 0.25) is 0 Å². The minimum absolute atomic E-state index is 0.0951. The van der Waals surface area contributed by atoms with Crippen LogP contribution in [0.5, 0.6) is 0 Å². The normalized spacial score (nSPS) is 10.5. The number of aromatic carboxylic acids is 1. The van der Waals surface area contributed by atoms with Crippen molar-refractivity contribution in [3.8, 4) is 0 Å². The highest BCUT2D eigenvalue weighted by Gasteiger charge is 2.12. The second kappa shape index (κ2) is 5.92. The van der Waals surface area contributed by atoms with E-state index in [-0.39, 0.29) is 22.5 Å². The number of hydrogen-bond acceptors (Lipinski definition) is 5. The van der Waals surface area contributed by atoms with Crippen LogP contribution in [-0.4, -0.2) is 21.3 Å². The van der Waals surface area contributed by atoms with Crippen molar-refractivity contribution in [3.63, 3.8) is 0 Å². The molecule has 0 fully saturated rings. The van der Waals surface area contributed by atoms with Gasteiger partial charge in [-0.1, -0.05) is 0 Å². The maximum Gasteiger partial charge on any atom is 0.281 e. The van der Waals surface area contributed by atoms with Crippen molar-refractivity contribution in [2.45, 2.75) is 0 Å². The van der Waals surface area contributed by atoms with E-state index in [1.165, 1.54) is 30.5 Å². The molecule has 0 aliphatic carbocycles. The number of nitrogens with zero attached hydrogens (tertiary/aromatic N) is 2. The van der Waals surface area contributed by atoms with Crippen molar-refractivity contribution in [1.29, 1.82) is 0 Å². The van der Waals surface area contributed by atoms with E-state index >= 15 is 0 Å². The molecule has 120 valence electrons. The van der Waals surface area contributed by atoms with Crippen molar-refractivity contribution in [2.75, 3.05) is 5.32 Å². The number of carboxylic acids is 1. The van der Waals surface area contributed by atoms with Crippen LogP contribution in [0.25, 0.3) is 5.65 Å². The summed E-state index contributed by atoms with van der Waals surface area (Å²) in [5, 5.41) is 13.4. The van der Waals surface area contributed by atoms with Crippen LogP contribution in [0.3, 0.4) is 0 Å². The Morgan fingerprint density at radius 2 is 1.88 bits per heavy atom. The molecule has 0 saturated carbocycles. The number of benzene rings is 1. The maximum absolute atomic E-state index is 12.9. The summed E-state index contributed by atoms with van der Waals surface area (Å²) in [6.45, 7) is 0. The van der Waals surface area contributed by atoms with E-state index in [9.17, 15) is 23.9 Å². The van der Waals surface area contributed by atoms with Crippen LogP contribution in [0, 0.1) is 5.82 Å². The maximum atomic E-state index is 12.9. The van der Waals surface area contributed by atoms with Crippen molar-refractivity contribution in [3.05, 3.63) is 76.1 Å². The average molecular weight is 326 g/mol. The molecule has 3 rings (SSSR count). The molecule has 0 aliphatic heterocycles. The zero-order valence-electron chi connectivity index (χ0n) is 12.0. The third kappa shape index (κ3) is 2.72. The molecule has 24 heavy (non-hydrogen) atoms. The van der Waals surface area contributed by atoms with E-state index in [2.05, 4.69) is 10.3 Å². The summed E-state index contributed by atoms with van der Waals surface area (Å²) in [5.41, 5.74) is -0.978. The van der Waals surface area contributed by atoms with Crippen molar-refractivity contribution >= 4 is 23.2 Å². The Kier molecular flexibility index (Phi) is 3.78. The van der Waals surface area contributed by atoms with Crippen LogP contribution in [0.1, 0.15) is 20.7 Å². The average Bonchev–Trinajstić information content (AvgIpc) is 2.57. The van der Waals surface area contributed by atoms with Crippen molar-refractivity contribution in [1.82, 2.24) is 9.38 Å². The standard InChI is InChI=1S/C16H10FN3O4/c17-10-5-3-9(4-6-10)14(21)19-12-8-18-13-11(16(23)24)2-1-7-20(13)15(12)22/h1-8H,(H,19,21)(H,23,24)/p-1. The first kappa shape index (κ1) is 15.3. The minimum Gasteiger partial charge on any atom is -0.545 e. The fourth-order valence-corrected chi connectivity index (χ4v) is 2.15. The van der Waals surface area contributed by atoms with E-state index in [1.807, 2.05) is 0 Å². The number of carbonyl (C=O) groups excluding carboxylic acids is 2. The quantitative estimate of drug-likeness (QED) is 0.752. The summed E-state index contributed by atoms with van der Waals surface area (Å²) in [6.07, 6.45) is 2.39. The van der Waals surface area contributed by atoms with Gasteiger partial charge in [0, 0.05) is 17.3 Å². The number of fused-ring (bicyclic) bond motifs is 1. The summed E-state index contributed by atoms with van der Waals surface area (Å²) in [6, 6.07) is 7.38. The first-order chi connectivity index (χ1) is 11.5. The lowest BCUT2D eigenvalue weighted by Crippen LogP contribution is -2.27. The van der Waals surface area contributed by atoms with Crippen molar-refractivity contribution < 1.29 is 19.1 Å². The summed E-state index contributed by atoms with van der Waals surface area (Å²) in [7, 11) is 0. The molecule has 0 bridgehead atoms. The smallest absolute Gasteiger partial charge is 0.281 e. The van der Waals surface area contributed by atoms with Gasteiger partial charge in [0.25, 0.3) is 11.5 Å². The molecule has 1 N–H and O–H groups in total. The summed E-state index contributed by atoms with van der Waals surface area (Å²) < 4.78 is 13.9. The molecule has 7 nitrogen and oxygen atoms in total. The minimum atomic E-state index is -1.47. The van der Waals surface area contributed by atoms with Gasteiger partial charge in [-0.2, -0.15) is 0 Å². The third-order valence-corrected chi connectivity index (χ3v) is 3.31. The molecule has 1 aromatic carbocycles. The van der Waals surface area contributed by atoms with Gasteiger partial charge in [-0.3, -0.25) is 14.0 Å². The van der Waals surface area contributed by atoms with E-state index in [0.717, 1.165) is 22.7 Å². The molecule has 0 spiro atoms. The van der Waals surface area contributed by atoms with E-state index in [0.29, 0.717) is 0 Å². The molecule has 0 unspecified atom stereocenters. The molecule has 0 aliphatic rings. The Hall–Kier alpha value is -3.55. The molecule has 2 aromatic heterocycles. The highest BCUT2D eigenvalue weighted by Crippen LogP contribution is 2.09. The Balaban J connectivity index is 2.00. The third-order valence-electron chi connectivity index (χ3n) is 3.31. The molecular weight excluding hydrogens is 317 g/mol. The van der Waals surface area contributed by atoms with Crippen LogP contribution in [0.15, 0.2) is 53.6 Å². The number of hydrogen-bond donors (Lipinski definition) is 1. The van der Waals surface area contributed by atoms with E-state index in [4.69, 9.17) is 0 Å². The highest BCUT2D eigenvalue weighted by atomic mass is 19.1. The molecule has 0 radical (unpaired) electrons. The van der Waals surface area contributed by atoms with Gasteiger partial charge in [0.2, 0.25) is 0 Å². The van der Waals surface area contributed by atoms with Crippen molar-refractivity contribution in [2.24, 2.45) is 0 Å². The zero-order chi connectivity index (χ0) is 17.3. The van der Waals surface area contributed by atoms with Gasteiger partial charge in [0.05, 0.1) is 12.2 Å². The lowest BCUT2D eigenvalue weighted by atomic mass is 10.2. The number of carboxylic acid groups (broad SMARTS) is 1. The number of halogens is 1. The van der Waals surface area contributed by atoms with Gasteiger partial charge in [-0.15, -0.1) is 0 Å². The Labute approximate surface area is 134 Å². The van der Waals surface area contributed by atoms with Gasteiger partial charge in [-0.05, 0) is 36.4 Å². The first-order valence-electron chi connectivity index (χ1n) is 6.76. The molecule has 0 saturated heterocycles.